The fourth-order valence-electron chi connectivity index (χ4n) is 3.98. The molecule has 1 fully saturated rings. The second-order valence-electron chi connectivity index (χ2n) is 9.10. The van der Waals surface area contributed by atoms with Gasteiger partial charge in [-0.15, -0.1) is 0 Å². The average molecular weight is 456 g/mol. The summed E-state index contributed by atoms with van der Waals surface area (Å²) in [6.07, 6.45) is 8.11. The summed E-state index contributed by atoms with van der Waals surface area (Å²) >= 11 is 0. The van der Waals surface area contributed by atoms with Crippen molar-refractivity contribution in [2.75, 3.05) is 31.2 Å². The standard InChI is InChI=1S/C27H29N5O2/c1-19-24(22-13-23(17-29-16-22)32-8-10-34-11-9-32)12-20(15-31-19)4-5-25(33)21-6-7-30-26(14-21)27(2,3)18-28/h6-7,12-17H,4-5,8-11H2,1-3H3. The summed E-state index contributed by atoms with van der Waals surface area (Å²) in [6, 6.07) is 9.92. The lowest BCUT2D eigenvalue weighted by Crippen LogP contribution is -2.36. The highest BCUT2D eigenvalue weighted by Gasteiger charge is 2.22. The fraction of sp³-hybridized carbons (Fsp3) is 0.370. The summed E-state index contributed by atoms with van der Waals surface area (Å²) in [5.41, 5.74) is 5.48. The maximum atomic E-state index is 12.9. The second kappa shape index (κ2) is 10.1. The number of ether oxygens (including phenoxy) is 1. The topological polar surface area (TPSA) is 92.0 Å². The van der Waals surface area contributed by atoms with Crippen molar-refractivity contribution in [1.82, 2.24) is 15.0 Å². The molecular weight excluding hydrogens is 426 g/mol. The lowest BCUT2D eigenvalue weighted by atomic mass is 9.89. The van der Waals surface area contributed by atoms with Gasteiger partial charge < -0.3 is 9.64 Å². The molecule has 1 saturated heterocycles. The van der Waals surface area contributed by atoms with E-state index in [-0.39, 0.29) is 5.78 Å². The Hall–Kier alpha value is -3.63. The first-order valence-electron chi connectivity index (χ1n) is 11.5. The number of aromatic nitrogens is 3. The predicted molar refractivity (Wildman–Crippen MR) is 131 cm³/mol. The molecule has 0 spiro atoms. The van der Waals surface area contributed by atoms with E-state index in [4.69, 9.17) is 4.74 Å². The first-order chi connectivity index (χ1) is 16.4. The molecular formula is C27H29N5O2. The first-order valence-corrected chi connectivity index (χ1v) is 11.5. The Kier molecular flexibility index (Phi) is 6.99. The van der Waals surface area contributed by atoms with Gasteiger partial charge in [-0.1, -0.05) is 0 Å². The van der Waals surface area contributed by atoms with Gasteiger partial charge in [0.15, 0.2) is 5.78 Å². The second-order valence-corrected chi connectivity index (χ2v) is 9.10. The van der Waals surface area contributed by atoms with Gasteiger partial charge in [-0.05, 0) is 57.0 Å². The first kappa shape index (κ1) is 23.5. The molecule has 34 heavy (non-hydrogen) atoms. The Labute approximate surface area is 200 Å². The fourth-order valence-corrected chi connectivity index (χ4v) is 3.98. The summed E-state index contributed by atoms with van der Waals surface area (Å²) in [7, 11) is 0. The number of morpholine rings is 1. The van der Waals surface area contributed by atoms with Crippen molar-refractivity contribution in [3.63, 3.8) is 0 Å². The normalized spacial score (nSPS) is 14.0. The average Bonchev–Trinajstić information content (AvgIpc) is 2.88. The molecule has 0 unspecified atom stereocenters. The van der Waals surface area contributed by atoms with E-state index in [9.17, 15) is 10.1 Å². The van der Waals surface area contributed by atoms with Crippen molar-refractivity contribution in [1.29, 1.82) is 5.26 Å². The van der Waals surface area contributed by atoms with E-state index in [2.05, 4.69) is 38.1 Å². The lowest BCUT2D eigenvalue weighted by molar-refractivity contribution is 0.0982. The number of nitrogens with zero attached hydrogens (tertiary/aromatic N) is 5. The number of aryl methyl sites for hydroxylation is 2. The van der Waals surface area contributed by atoms with Crippen LogP contribution >= 0.6 is 0 Å². The zero-order chi connectivity index (χ0) is 24.1. The van der Waals surface area contributed by atoms with Crippen LogP contribution in [0.4, 0.5) is 5.69 Å². The van der Waals surface area contributed by atoms with E-state index < -0.39 is 5.41 Å². The third-order valence-corrected chi connectivity index (χ3v) is 6.20. The van der Waals surface area contributed by atoms with Gasteiger partial charge in [0.25, 0.3) is 0 Å². The van der Waals surface area contributed by atoms with Crippen LogP contribution < -0.4 is 4.90 Å². The van der Waals surface area contributed by atoms with Gasteiger partial charge in [-0.3, -0.25) is 19.7 Å². The number of Topliss-reactive ketones (excluding diaryl/α,β-unsaturated/α-hetero) is 1. The molecule has 7 nitrogen and oxygen atoms in total. The maximum Gasteiger partial charge on any atom is 0.163 e. The predicted octanol–water partition coefficient (Wildman–Crippen LogP) is 4.30. The molecule has 174 valence electrons. The van der Waals surface area contributed by atoms with Crippen molar-refractivity contribution in [2.24, 2.45) is 0 Å². The number of carbonyl (C=O) groups excluding carboxylic acids is 1. The largest absolute Gasteiger partial charge is 0.378 e. The molecule has 0 atom stereocenters. The summed E-state index contributed by atoms with van der Waals surface area (Å²) in [6.45, 7) is 8.74. The zero-order valence-electron chi connectivity index (χ0n) is 19.9. The molecule has 0 amide bonds. The van der Waals surface area contributed by atoms with Gasteiger partial charge in [-0.25, -0.2) is 0 Å². The highest BCUT2D eigenvalue weighted by atomic mass is 16.5. The molecule has 3 aromatic heterocycles. The van der Waals surface area contributed by atoms with Gasteiger partial charge in [-0.2, -0.15) is 5.26 Å². The number of hydrogen-bond acceptors (Lipinski definition) is 7. The number of pyridine rings is 3. The molecule has 7 heteroatoms. The van der Waals surface area contributed by atoms with E-state index in [1.807, 2.05) is 25.5 Å². The van der Waals surface area contributed by atoms with E-state index in [1.54, 1.807) is 32.2 Å². The smallest absolute Gasteiger partial charge is 0.163 e. The number of anilines is 1. The Balaban J connectivity index is 1.50. The Morgan fingerprint density at radius 1 is 1.15 bits per heavy atom. The minimum Gasteiger partial charge on any atom is -0.378 e. The number of carbonyl (C=O) groups is 1. The molecule has 0 bridgehead atoms. The lowest BCUT2D eigenvalue weighted by Gasteiger charge is -2.28. The number of rotatable bonds is 7. The monoisotopic (exact) mass is 455 g/mol. The summed E-state index contributed by atoms with van der Waals surface area (Å²) < 4.78 is 5.46. The molecule has 0 radical (unpaired) electrons. The summed E-state index contributed by atoms with van der Waals surface area (Å²) in [4.78, 5) is 28.5. The third-order valence-electron chi connectivity index (χ3n) is 6.20. The van der Waals surface area contributed by atoms with E-state index >= 15 is 0 Å². The number of nitriles is 1. The van der Waals surface area contributed by atoms with Crippen LogP contribution in [0.15, 0.2) is 49.1 Å². The summed E-state index contributed by atoms with van der Waals surface area (Å²) in [5.74, 6) is 0.0236. The van der Waals surface area contributed by atoms with Crippen LogP contribution in [0.2, 0.25) is 0 Å². The van der Waals surface area contributed by atoms with Crippen LogP contribution in [-0.4, -0.2) is 47.0 Å². The molecule has 0 aromatic carbocycles. The van der Waals surface area contributed by atoms with Crippen molar-refractivity contribution < 1.29 is 9.53 Å². The molecule has 0 aliphatic carbocycles. The quantitative estimate of drug-likeness (QED) is 0.491. The van der Waals surface area contributed by atoms with Crippen molar-refractivity contribution in [2.45, 2.75) is 39.0 Å². The summed E-state index contributed by atoms with van der Waals surface area (Å²) in [5, 5.41) is 9.37. The Morgan fingerprint density at radius 2 is 1.94 bits per heavy atom. The van der Waals surface area contributed by atoms with Crippen LogP contribution in [0.5, 0.6) is 0 Å². The van der Waals surface area contributed by atoms with Gasteiger partial charge in [0.1, 0.15) is 0 Å². The minimum absolute atomic E-state index is 0.0236. The highest BCUT2D eigenvalue weighted by molar-refractivity contribution is 5.96. The molecule has 1 aliphatic heterocycles. The Morgan fingerprint density at radius 3 is 2.71 bits per heavy atom. The van der Waals surface area contributed by atoms with E-state index in [1.165, 1.54) is 0 Å². The SMILES string of the molecule is Cc1ncc(CCC(=O)c2ccnc(C(C)(C)C#N)c2)cc1-c1cncc(N2CCOCC2)c1. The number of ketones is 1. The van der Waals surface area contributed by atoms with Gasteiger partial charge >= 0.3 is 0 Å². The molecule has 4 heterocycles. The van der Waals surface area contributed by atoms with Crippen LogP contribution in [-0.2, 0) is 16.6 Å². The molecule has 0 saturated carbocycles. The van der Waals surface area contributed by atoms with E-state index in [0.29, 0.717) is 24.1 Å². The highest BCUT2D eigenvalue weighted by Crippen LogP contribution is 2.27. The van der Waals surface area contributed by atoms with Crippen molar-refractivity contribution in [3.05, 3.63) is 71.6 Å². The van der Waals surface area contributed by atoms with E-state index in [0.717, 1.165) is 54.4 Å². The van der Waals surface area contributed by atoms with Crippen molar-refractivity contribution in [3.8, 4) is 17.2 Å². The molecule has 1 aliphatic rings. The Bertz CT molecular complexity index is 1230. The molecule has 0 N–H and O–H groups in total. The van der Waals surface area contributed by atoms with Crippen LogP contribution in [0.1, 0.15) is 47.6 Å². The van der Waals surface area contributed by atoms with Crippen LogP contribution in [0.25, 0.3) is 11.1 Å². The van der Waals surface area contributed by atoms with Gasteiger partial charge in [0, 0.05) is 60.5 Å². The third kappa shape index (κ3) is 5.29. The zero-order valence-corrected chi connectivity index (χ0v) is 19.9. The van der Waals surface area contributed by atoms with Crippen molar-refractivity contribution >= 4 is 11.5 Å². The van der Waals surface area contributed by atoms with Gasteiger partial charge in [0.05, 0.1) is 42.3 Å². The minimum atomic E-state index is -0.740. The van der Waals surface area contributed by atoms with Gasteiger partial charge in [0.2, 0.25) is 0 Å². The maximum absolute atomic E-state index is 12.9. The number of hydrogen-bond donors (Lipinski definition) is 0. The van der Waals surface area contributed by atoms with Crippen LogP contribution in [0.3, 0.4) is 0 Å². The van der Waals surface area contributed by atoms with Crippen LogP contribution in [0, 0.1) is 18.3 Å². The molecule has 3 aromatic rings. The molecule has 4 rings (SSSR count).